The van der Waals surface area contributed by atoms with E-state index in [1.807, 2.05) is 73.2 Å². The molecule has 0 saturated carbocycles. The SMILES string of the molecule is CS(=O)(=O)OCCCc1c[nH]c2ccccc12.Cn1c(=O)[nH]c(=O)c2cccnc21.Cn1c(=O)n(CCCc2c[nH]c3ccccc23)c(=O)c2cccnc21.Cn1c(=O)n(CCCc2c[nH]c3ccccc23)c(=O)c2cccnc21. The van der Waals surface area contributed by atoms with E-state index in [0.29, 0.717) is 65.5 Å². The number of H-pyrrole nitrogens is 4. The minimum absolute atomic E-state index is 0.234. The number of pyridine rings is 3. The van der Waals surface area contributed by atoms with Crippen molar-refractivity contribution in [1.82, 2.24) is 57.7 Å². The van der Waals surface area contributed by atoms with E-state index in [9.17, 15) is 37.2 Å². The van der Waals surface area contributed by atoms with Crippen LogP contribution in [0.3, 0.4) is 0 Å². The lowest BCUT2D eigenvalue weighted by molar-refractivity contribution is 0.316. The first-order valence-corrected chi connectivity index (χ1v) is 27.5. The van der Waals surface area contributed by atoms with Crippen molar-refractivity contribution in [2.75, 3.05) is 12.9 Å². The van der Waals surface area contributed by atoms with Crippen LogP contribution in [0.5, 0.6) is 0 Å². The van der Waals surface area contributed by atoms with Gasteiger partial charge in [0.15, 0.2) is 0 Å². The maximum atomic E-state index is 12.6. The fourth-order valence-electron chi connectivity index (χ4n) is 9.59. The predicted molar refractivity (Wildman–Crippen MR) is 311 cm³/mol. The number of aromatic nitrogens is 12. The molecule has 0 saturated heterocycles. The molecular weight excluding hydrogens is 1040 g/mol. The lowest BCUT2D eigenvalue weighted by Gasteiger charge is -2.09. The summed E-state index contributed by atoms with van der Waals surface area (Å²) in [5, 5.41) is 4.92. The molecule has 0 bridgehead atoms. The Morgan fingerprint density at radius 2 is 0.825 bits per heavy atom. The normalized spacial score (nSPS) is 11.4. The predicted octanol–water partition coefficient (Wildman–Crippen LogP) is 6.12. The van der Waals surface area contributed by atoms with Gasteiger partial charge in [0.05, 0.1) is 29.0 Å². The second kappa shape index (κ2) is 24.4. The Kier molecular flexibility index (Phi) is 16.9. The Morgan fingerprint density at radius 1 is 0.463 bits per heavy atom. The van der Waals surface area contributed by atoms with Crippen LogP contribution in [0.25, 0.3) is 65.8 Å². The molecule has 0 aliphatic rings. The fraction of sp³-hybridized carbons (Fsp3) is 0.224. The number of nitrogens with zero attached hydrogens (tertiary/aromatic N) is 8. The molecule has 12 rings (SSSR count). The summed E-state index contributed by atoms with van der Waals surface area (Å²) in [4.78, 5) is 96.7. The summed E-state index contributed by atoms with van der Waals surface area (Å²) in [7, 11) is 1.54. The number of aryl methyl sites for hydroxylation is 6. The number of rotatable bonds is 13. The van der Waals surface area contributed by atoms with E-state index in [2.05, 4.69) is 53.1 Å². The second-order valence-electron chi connectivity index (χ2n) is 19.0. The molecular formula is C58H58N12O9S. The molecule has 3 aromatic carbocycles. The number of hydrogen-bond donors (Lipinski definition) is 4. The molecule has 0 atom stereocenters. The monoisotopic (exact) mass is 1100 g/mol. The van der Waals surface area contributed by atoms with Crippen LogP contribution >= 0.6 is 0 Å². The Hall–Kier alpha value is -9.54. The average Bonchev–Trinajstić information content (AvgIpc) is 4.28. The number of hydrogen-bond acceptors (Lipinski definition) is 12. The highest BCUT2D eigenvalue weighted by Gasteiger charge is 2.14. The van der Waals surface area contributed by atoms with Crippen molar-refractivity contribution in [3.8, 4) is 0 Å². The zero-order valence-corrected chi connectivity index (χ0v) is 45.2. The van der Waals surface area contributed by atoms with Gasteiger partial charge < -0.3 is 15.0 Å². The molecule has 0 aliphatic heterocycles. The van der Waals surface area contributed by atoms with Gasteiger partial charge in [0, 0.05) is 104 Å². The van der Waals surface area contributed by atoms with Gasteiger partial charge in [0.1, 0.15) is 16.9 Å². The Bertz CT molecular complexity index is 4510. The van der Waals surface area contributed by atoms with Gasteiger partial charge in [-0.3, -0.25) is 46.4 Å². The molecule has 0 fully saturated rings. The van der Waals surface area contributed by atoms with Crippen molar-refractivity contribution in [3.63, 3.8) is 0 Å². The molecule has 12 aromatic rings. The maximum Gasteiger partial charge on any atom is 0.332 e. The van der Waals surface area contributed by atoms with Crippen molar-refractivity contribution in [1.29, 1.82) is 0 Å². The van der Waals surface area contributed by atoms with Gasteiger partial charge in [-0.15, -0.1) is 0 Å². The number of para-hydroxylation sites is 3. The van der Waals surface area contributed by atoms with Crippen molar-refractivity contribution >= 4 is 75.9 Å². The van der Waals surface area contributed by atoms with Gasteiger partial charge >= 0.3 is 17.1 Å². The van der Waals surface area contributed by atoms with Gasteiger partial charge in [-0.1, -0.05) is 54.6 Å². The largest absolute Gasteiger partial charge is 0.361 e. The summed E-state index contributed by atoms with van der Waals surface area (Å²) >= 11 is 0. The molecule has 0 unspecified atom stereocenters. The summed E-state index contributed by atoms with van der Waals surface area (Å²) in [6.45, 7) is 1.00. The van der Waals surface area contributed by atoms with Crippen LogP contribution in [0.1, 0.15) is 36.0 Å². The van der Waals surface area contributed by atoms with E-state index >= 15 is 0 Å². The van der Waals surface area contributed by atoms with Gasteiger partial charge in [-0.2, -0.15) is 8.42 Å². The summed E-state index contributed by atoms with van der Waals surface area (Å²) in [5.74, 6) is 0. The number of aromatic amines is 4. The third kappa shape index (κ3) is 12.3. The third-order valence-electron chi connectivity index (χ3n) is 13.6. The van der Waals surface area contributed by atoms with Crippen LogP contribution < -0.4 is 33.7 Å². The molecule has 0 spiro atoms. The van der Waals surface area contributed by atoms with E-state index in [1.165, 1.54) is 55.7 Å². The van der Waals surface area contributed by atoms with Crippen molar-refractivity contribution < 1.29 is 12.6 Å². The number of nitrogens with one attached hydrogen (secondary N) is 4. The first-order valence-electron chi connectivity index (χ1n) is 25.7. The van der Waals surface area contributed by atoms with Crippen LogP contribution in [0.4, 0.5) is 0 Å². The van der Waals surface area contributed by atoms with Gasteiger partial charge in [0.25, 0.3) is 26.8 Å². The molecule has 21 nitrogen and oxygen atoms in total. The second-order valence-corrected chi connectivity index (χ2v) is 20.6. The van der Waals surface area contributed by atoms with Gasteiger partial charge in [0.2, 0.25) is 0 Å². The minimum atomic E-state index is -3.32. The maximum absolute atomic E-state index is 12.6. The standard InChI is InChI=1S/2C19H18N4O2.C12H15NO3S.C8H7N3O2/c2*1-22-17-15(8-4-10-20-17)18(24)23(19(22)25)11-5-6-13-12-21-16-9-3-2-7-14(13)16;1-17(14,15)16-8-4-5-10-9-13-12-7-3-2-6-11(10)12;1-11-6-5(3-2-4-9-6)7(12)10-8(11)13/h2*2-4,7-10,12,21H,5-6,11H2,1H3;2-3,6-7,9,13H,4-5,8H2,1H3;2-4H,1H3,(H,10,12,13). The van der Waals surface area contributed by atoms with Gasteiger partial charge in [-0.05, 0) is 110 Å². The minimum Gasteiger partial charge on any atom is -0.361 e. The summed E-state index contributed by atoms with van der Waals surface area (Å²) in [5.41, 5.74) is 6.09. The number of fused-ring (bicyclic) bond motifs is 6. The summed E-state index contributed by atoms with van der Waals surface area (Å²) in [6.07, 6.45) is 16.2. The van der Waals surface area contributed by atoms with E-state index in [4.69, 9.17) is 4.18 Å². The quantitative estimate of drug-likeness (QED) is 0.0752. The Balaban J connectivity index is 0.000000133. The molecule has 0 aliphatic carbocycles. The van der Waals surface area contributed by atoms with Crippen LogP contribution in [0.2, 0.25) is 0 Å². The first kappa shape index (κ1) is 55.2. The van der Waals surface area contributed by atoms with Crippen molar-refractivity contribution in [2.45, 2.75) is 51.6 Å². The Labute approximate surface area is 455 Å². The zero-order chi connectivity index (χ0) is 56.5. The van der Waals surface area contributed by atoms with Crippen LogP contribution in [0, 0.1) is 0 Å². The molecule has 4 N–H and O–H groups in total. The highest BCUT2D eigenvalue weighted by Crippen LogP contribution is 2.21. The highest BCUT2D eigenvalue weighted by molar-refractivity contribution is 7.85. The topological polar surface area (TPSA) is 272 Å². The zero-order valence-electron chi connectivity index (χ0n) is 44.4. The molecule has 9 heterocycles. The lowest BCUT2D eigenvalue weighted by Crippen LogP contribution is -2.39. The fourth-order valence-corrected chi connectivity index (χ4v) is 10.0. The van der Waals surface area contributed by atoms with Crippen LogP contribution in [-0.4, -0.2) is 79.0 Å². The highest BCUT2D eigenvalue weighted by atomic mass is 32.2. The van der Waals surface area contributed by atoms with Crippen LogP contribution in [-0.2, 0) is 67.8 Å². The summed E-state index contributed by atoms with van der Waals surface area (Å²) in [6, 6.07) is 34.4. The molecule has 22 heteroatoms. The van der Waals surface area contributed by atoms with E-state index < -0.39 is 21.4 Å². The van der Waals surface area contributed by atoms with Gasteiger partial charge in [-0.25, -0.2) is 29.3 Å². The van der Waals surface area contributed by atoms with E-state index in [-0.39, 0.29) is 29.1 Å². The molecule has 0 amide bonds. The molecule has 0 radical (unpaired) electrons. The number of benzene rings is 3. The smallest absolute Gasteiger partial charge is 0.332 e. The van der Waals surface area contributed by atoms with E-state index in [1.54, 1.807) is 76.1 Å². The van der Waals surface area contributed by atoms with Crippen molar-refractivity contribution in [2.24, 2.45) is 21.1 Å². The summed E-state index contributed by atoms with van der Waals surface area (Å²) < 4.78 is 33.0. The lowest BCUT2D eigenvalue weighted by atomic mass is 10.1. The molecule has 410 valence electrons. The third-order valence-corrected chi connectivity index (χ3v) is 14.2. The molecule has 80 heavy (non-hydrogen) atoms. The van der Waals surface area contributed by atoms with Crippen molar-refractivity contribution in [3.05, 3.63) is 226 Å². The average molecular weight is 1100 g/mol. The first-order chi connectivity index (χ1) is 38.6. The Morgan fingerprint density at radius 3 is 1.24 bits per heavy atom. The van der Waals surface area contributed by atoms with E-state index in [0.717, 1.165) is 42.1 Å². The molecule has 9 aromatic heterocycles. The van der Waals surface area contributed by atoms with Crippen LogP contribution in [0.15, 0.2) is 175 Å².